The molecule has 23 heavy (non-hydrogen) atoms. The zero-order valence-electron chi connectivity index (χ0n) is 13.5. The van der Waals surface area contributed by atoms with Crippen LogP contribution < -0.4 is 0 Å². The summed E-state index contributed by atoms with van der Waals surface area (Å²) in [7, 11) is 1.53. The number of carbonyl (C=O) groups is 2. The van der Waals surface area contributed by atoms with Crippen LogP contribution >= 0.6 is 0 Å². The van der Waals surface area contributed by atoms with Crippen LogP contribution in [-0.2, 0) is 4.79 Å². The monoisotopic (exact) mass is 312 g/mol. The molecule has 5 nitrogen and oxygen atoms in total. The summed E-state index contributed by atoms with van der Waals surface area (Å²) in [6.45, 7) is 3.47. The van der Waals surface area contributed by atoms with Crippen LogP contribution in [0.3, 0.4) is 0 Å². The van der Waals surface area contributed by atoms with Gasteiger partial charge in [0.05, 0.1) is 11.1 Å². The standard InChI is InChI=1S/C18H20N2O3/c1-10-4-7-15-13(8-10)14(9-16(19-15)12-5-6-12)17(21)20(3)11(2)18(22)23/h4,7-9,11-12H,5-6H2,1-3H3,(H,22,23). The summed E-state index contributed by atoms with van der Waals surface area (Å²) < 4.78 is 0. The number of carboxylic acids is 1. The van der Waals surface area contributed by atoms with E-state index in [1.807, 2.05) is 31.2 Å². The summed E-state index contributed by atoms with van der Waals surface area (Å²) in [5.74, 6) is -0.868. The van der Waals surface area contributed by atoms with Crippen molar-refractivity contribution in [1.82, 2.24) is 9.88 Å². The van der Waals surface area contributed by atoms with Crippen LogP contribution in [0.25, 0.3) is 10.9 Å². The van der Waals surface area contributed by atoms with Gasteiger partial charge in [-0.3, -0.25) is 9.78 Å². The summed E-state index contributed by atoms with van der Waals surface area (Å²) in [6, 6.07) is 6.80. The van der Waals surface area contributed by atoms with E-state index in [4.69, 9.17) is 5.11 Å². The number of rotatable bonds is 4. The molecule has 1 saturated carbocycles. The number of likely N-dealkylation sites (N-methyl/N-ethyl adjacent to an activating group) is 1. The average Bonchev–Trinajstić information content (AvgIpc) is 3.36. The Balaban J connectivity index is 2.12. The van der Waals surface area contributed by atoms with E-state index >= 15 is 0 Å². The lowest BCUT2D eigenvalue weighted by molar-refractivity contribution is -0.141. The van der Waals surface area contributed by atoms with E-state index in [0.717, 1.165) is 35.0 Å². The van der Waals surface area contributed by atoms with Crippen molar-refractivity contribution in [2.45, 2.75) is 38.6 Å². The number of aromatic nitrogens is 1. The van der Waals surface area contributed by atoms with E-state index in [2.05, 4.69) is 4.98 Å². The second kappa shape index (κ2) is 5.65. The van der Waals surface area contributed by atoms with Crippen molar-refractivity contribution in [1.29, 1.82) is 0 Å². The lowest BCUT2D eigenvalue weighted by Gasteiger charge is -2.22. The maximum Gasteiger partial charge on any atom is 0.326 e. The number of carboxylic acid groups (broad SMARTS) is 1. The van der Waals surface area contributed by atoms with Crippen LogP contribution in [-0.4, -0.2) is 40.0 Å². The van der Waals surface area contributed by atoms with Crippen molar-refractivity contribution in [3.8, 4) is 0 Å². The highest BCUT2D eigenvalue weighted by Crippen LogP contribution is 2.40. The molecule has 1 fully saturated rings. The Kier molecular flexibility index (Phi) is 3.80. The molecule has 1 amide bonds. The second-order valence-corrected chi connectivity index (χ2v) is 6.32. The predicted octanol–water partition coefficient (Wildman–Crippen LogP) is 2.97. The number of aliphatic carboxylic acids is 1. The van der Waals surface area contributed by atoms with Gasteiger partial charge in [-0.05, 0) is 44.9 Å². The smallest absolute Gasteiger partial charge is 0.326 e. The largest absolute Gasteiger partial charge is 0.480 e. The minimum atomic E-state index is -1.02. The molecule has 1 aromatic carbocycles. The molecule has 5 heteroatoms. The van der Waals surface area contributed by atoms with Crippen LogP contribution in [0.5, 0.6) is 0 Å². The van der Waals surface area contributed by atoms with Crippen LogP contribution in [0.2, 0.25) is 0 Å². The van der Waals surface area contributed by atoms with Gasteiger partial charge < -0.3 is 10.0 Å². The van der Waals surface area contributed by atoms with E-state index in [-0.39, 0.29) is 5.91 Å². The van der Waals surface area contributed by atoms with Crippen molar-refractivity contribution in [3.63, 3.8) is 0 Å². The minimum Gasteiger partial charge on any atom is -0.480 e. The molecule has 0 bridgehead atoms. The fraction of sp³-hybridized carbons (Fsp3) is 0.389. The molecular weight excluding hydrogens is 292 g/mol. The fourth-order valence-corrected chi connectivity index (χ4v) is 2.66. The third kappa shape index (κ3) is 2.91. The molecule has 1 N–H and O–H groups in total. The van der Waals surface area contributed by atoms with E-state index in [1.165, 1.54) is 18.9 Å². The van der Waals surface area contributed by atoms with E-state index in [9.17, 15) is 9.59 Å². The first-order valence-corrected chi connectivity index (χ1v) is 7.79. The molecule has 0 aliphatic heterocycles. The normalized spacial score (nSPS) is 15.4. The number of carbonyl (C=O) groups excluding carboxylic acids is 1. The number of hydrogen-bond donors (Lipinski definition) is 1. The molecular formula is C18H20N2O3. The van der Waals surface area contributed by atoms with Gasteiger partial charge in [0.25, 0.3) is 5.91 Å². The van der Waals surface area contributed by atoms with Gasteiger partial charge in [0.15, 0.2) is 0 Å². The highest BCUT2D eigenvalue weighted by atomic mass is 16.4. The van der Waals surface area contributed by atoms with Crippen molar-refractivity contribution in [3.05, 3.63) is 41.1 Å². The highest BCUT2D eigenvalue weighted by Gasteiger charge is 2.29. The Labute approximate surface area is 134 Å². The first kappa shape index (κ1) is 15.5. The Hall–Kier alpha value is -2.43. The number of benzene rings is 1. The summed E-state index contributed by atoms with van der Waals surface area (Å²) in [5.41, 5.74) is 3.30. The predicted molar refractivity (Wildman–Crippen MR) is 87.6 cm³/mol. The molecule has 1 aromatic heterocycles. The van der Waals surface area contributed by atoms with Crippen LogP contribution in [0.15, 0.2) is 24.3 Å². The average molecular weight is 312 g/mol. The minimum absolute atomic E-state index is 0.278. The van der Waals surface area contributed by atoms with Gasteiger partial charge in [-0.2, -0.15) is 0 Å². The van der Waals surface area contributed by atoms with Gasteiger partial charge in [0.1, 0.15) is 6.04 Å². The van der Waals surface area contributed by atoms with Gasteiger partial charge in [-0.15, -0.1) is 0 Å². The zero-order valence-corrected chi connectivity index (χ0v) is 13.5. The third-order valence-electron chi connectivity index (χ3n) is 4.47. The molecule has 3 rings (SSSR count). The Morgan fingerprint density at radius 3 is 2.61 bits per heavy atom. The van der Waals surface area contributed by atoms with Gasteiger partial charge in [0.2, 0.25) is 0 Å². The number of fused-ring (bicyclic) bond motifs is 1. The molecule has 0 spiro atoms. The Bertz CT molecular complexity index is 796. The SMILES string of the molecule is Cc1ccc2nc(C3CC3)cc(C(=O)N(C)C(C)C(=O)O)c2c1. The second-order valence-electron chi connectivity index (χ2n) is 6.32. The molecule has 1 aliphatic carbocycles. The molecule has 1 unspecified atom stereocenters. The lowest BCUT2D eigenvalue weighted by atomic mass is 10.0. The van der Waals surface area contributed by atoms with Crippen LogP contribution in [0.4, 0.5) is 0 Å². The summed E-state index contributed by atoms with van der Waals surface area (Å²) >= 11 is 0. The van der Waals surface area contributed by atoms with Crippen LogP contribution in [0.1, 0.15) is 47.3 Å². The molecule has 1 atom stereocenters. The van der Waals surface area contributed by atoms with Crippen LogP contribution in [0, 0.1) is 6.92 Å². The number of nitrogens with zero attached hydrogens (tertiary/aromatic N) is 2. The zero-order chi connectivity index (χ0) is 16.7. The fourth-order valence-electron chi connectivity index (χ4n) is 2.66. The van der Waals surface area contributed by atoms with Gasteiger partial charge in [-0.1, -0.05) is 11.6 Å². The lowest BCUT2D eigenvalue weighted by Crippen LogP contribution is -2.40. The molecule has 1 aliphatic rings. The van der Waals surface area contributed by atoms with Gasteiger partial charge in [-0.25, -0.2) is 4.79 Å². The molecule has 2 aromatic rings. The number of aryl methyl sites for hydroxylation is 1. The Morgan fingerprint density at radius 1 is 1.30 bits per heavy atom. The molecule has 1 heterocycles. The first-order valence-electron chi connectivity index (χ1n) is 7.79. The molecule has 120 valence electrons. The maximum absolute atomic E-state index is 12.8. The number of pyridine rings is 1. The summed E-state index contributed by atoms with van der Waals surface area (Å²) in [4.78, 5) is 30.0. The third-order valence-corrected chi connectivity index (χ3v) is 4.47. The van der Waals surface area contributed by atoms with Crippen molar-refractivity contribution >= 4 is 22.8 Å². The van der Waals surface area contributed by atoms with E-state index in [1.54, 1.807) is 0 Å². The topological polar surface area (TPSA) is 70.5 Å². The van der Waals surface area contributed by atoms with Gasteiger partial charge >= 0.3 is 5.97 Å². The van der Waals surface area contributed by atoms with E-state index in [0.29, 0.717) is 11.5 Å². The number of amides is 1. The van der Waals surface area contributed by atoms with Crippen molar-refractivity contribution < 1.29 is 14.7 Å². The summed E-state index contributed by atoms with van der Waals surface area (Å²) in [5, 5.41) is 9.93. The van der Waals surface area contributed by atoms with Gasteiger partial charge in [0, 0.05) is 24.0 Å². The molecule has 0 radical (unpaired) electrons. The maximum atomic E-state index is 12.8. The molecule has 0 saturated heterocycles. The number of hydrogen-bond acceptors (Lipinski definition) is 3. The quantitative estimate of drug-likeness (QED) is 0.942. The Morgan fingerprint density at radius 2 is 2.00 bits per heavy atom. The van der Waals surface area contributed by atoms with Crippen molar-refractivity contribution in [2.24, 2.45) is 0 Å². The highest BCUT2D eigenvalue weighted by molar-refractivity contribution is 6.07. The van der Waals surface area contributed by atoms with E-state index < -0.39 is 12.0 Å². The van der Waals surface area contributed by atoms with Crippen molar-refractivity contribution in [2.75, 3.05) is 7.05 Å². The summed E-state index contributed by atoms with van der Waals surface area (Å²) in [6.07, 6.45) is 2.19. The first-order chi connectivity index (χ1) is 10.9.